The van der Waals surface area contributed by atoms with E-state index >= 15 is 0 Å². The number of hydrogen-bond acceptors (Lipinski definition) is 3. The van der Waals surface area contributed by atoms with Gasteiger partial charge in [-0.15, -0.1) is 0 Å². The lowest BCUT2D eigenvalue weighted by Crippen LogP contribution is -2.54. The summed E-state index contributed by atoms with van der Waals surface area (Å²) in [7, 11) is 0. The van der Waals surface area contributed by atoms with Gasteiger partial charge in [0.25, 0.3) is 11.8 Å². The number of anilines is 1. The van der Waals surface area contributed by atoms with Gasteiger partial charge in [-0.25, -0.2) is 9.69 Å². The molecule has 3 aliphatic heterocycles. The number of piperazine rings is 1. The quantitative estimate of drug-likeness (QED) is 0.495. The van der Waals surface area contributed by atoms with Crippen molar-refractivity contribution in [2.45, 2.75) is 30.7 Å². The molecule has 0 N–H and O–H groups in total. The van der Waals surface area contributed by atoms with Crippen LogP contribution in [0.15, 0.2) is 78.9 Å². The van der Waals surface area contributed by atoms with Crippen molar-refractivity contribution in [3.63, 3.8) is 0 Å². The first-order valence-electron chi connectivity index (χ1n) is 11.5. The van der Waals surface area contributed by atoms with E-state index in [-0.39, 0.29) is 24.2 Å². The zero-order valence-electron chi connectivity index (χ0n) is 18.9. The molecule has 0 aliphatic carbocycles. The van der Waals surface area contributed by atoms with Crippen molar-refractivity contribution < 1.29 is 27.6 Å². The summed E-state index contributed by atoms with van der Waals surface area (Å²) >= 11 is 0. The molecule has 0 spiro atoms. The predicted octanol–water partition coefficient (Wildman–Crippen LogP) is 4.81. The average molecular weight is 491 g/mol. The first kappa shape index (κ1) is 22.3. The second kappa shape index (κ2) is 7.94. The normalized spacial score (nSPS) is 23.0. The molecular weight excluding hydrogens is 471 g/mol. The molecule has 0 saturated carbocycles. The standard InChI is InChI=1S/C27H20F3N3O3/c28-27(29,30)19-7-4-8-20(13-19)33-25(35)23-22-14-21(32(23)26(33)36)15-31(22)24(34)18-11-9-17(10-12-18)16-5-2-1-3-6-16/h1-13,21-23H,14-15H2/t21-,22-,23+/m0/s1. The van der Waals surface area contributed by atoms with Crippen molar-refractivity contribution in [3.8, 4) is 11.1 Å². The number of carbonyl (C=O) groups is 3. The number of carbonyl (C=O) groups excluding carboxylic acids is 3. The number of alkyl halides is 3. The highest BCUT2D eigenvalue weighted by Crippen LogP contribution is 2.43. The Balaban J connectivity index is 1.24. The fourth-order valence-electron chi connectivity index (χ4n) is 5.55. The fourth-order valence-corrected chi connectivity index (χ4v) is 5.55. The van der Waals surface area contributed by atoms with E-state index in [1.807, 2.05) is 42.5 Å². The van der Waals surface area contributed by atoms with Gasteiger partial charge in [-0.1, -0.05) is 48.5 Å². The van der Waals surface area contributed by atoms with Gasteiger partial charge in [0.05, 0.1) is 23.3 Å². The summed E-state index contributed by atoms with van der Waals surface area (Å²) in [6.45, 7) is 0.274. The van der Waals surface area contributed by atoms with Crippen LogP contribution in [-0.2, 0) is 11.0 Å². The molecule has 2 bridgehead atoms. The molecule has 9 heteroatoms. The maximum atomic E-state index is 13.3. The van der Waals surface area contributed by atoms with Gasteiger partial charge < -0.3 is 9.80 Å². The number of halogens is 3. The first-order valence-corrected chi connectivity index (χ1v) is 11.5. The van der Waals surface area contributed by atoms with Gasteiger partial charge in [0.2, 0.25) is 0 Å². The van der Waals surface area contributed by atoms with Gasteiger partial charge in [0, 0.05) is 12.1 Å². The molecule has 3 fully saturated rings. The Labute approximate surface area is 204 Å². The minimum atomic E-state index is -4.60. The molecule has 3 aliphatic rings. The molecule has 3 aromatic rings. The number of imide groups is 1. The van der Waals surface area contributed by atoms with E-state index in [2.05, 4.69) is 0 Å². The van der Waals surface area contributed by atoms with Crippen molar-refractivity contribution in [1.29, 1.82) is 0 Å². The van der Waals surface area contributed by atoms with Crippen LogP contribution >= 0.6 is 0 Å². The molecule has 3 aromatic carbocycles. The Morgan fingerprint density at radius 2 is 1.56 bits per heavy atom. The smallest absolute Gasteiger partial charge is 0.331 e. The van der Waals surface area contributed by atoms with E-state index in [1.165, 1.54) is 17.0 Å². The highest BCUT2D eigenvalue weighted by Gasteiger charge is 2.63. The Kier molecular flexibility index (Phi) is 4.93. The van der Waals surface area contributed by atoms with Gasteiger partial charge in [-0.05, 0) is 47.9 Å². The molecule has 0 aromatic heterocycles. The van der Waals surface area contributed by atoms with Gasteiger partial charge in [-0.3, -0.25) is 9.59 Å². The second-order valence-corrected chi connectivity index (χ2v) is 9.21. The highest BCUT2D eigenvalue weighted by atomic mass is 19.4. The van der Waals surface area contributed by atoms with E-state index < -0.39 is 35.8 Å². The summed E-state index contributed by atoms with van der Waals surface area (Å²) in [5, 5.41) is 0. The van der Waals surface area contributed by atoms with Gasteiger partial charge in [0.15, 0.2) is 0 Å². The van der Waals surface area contributed by atoms with Crippen LogP contribution in [0.4, 0.5) is 23.7 Å². The first-order chi connectivity index (χ1) is 17.2. The minimum absolute atomic E-state index is 0.122. The topological polar surface area (TPSA) is 60.9 Å². The van der Waals surface area contributed by atoms with Crippen LogP contribution in [0, 0.1) is 0 Å². The highest BCUT2D eigenvalue weighted by molar-refractivity contribution is 6.22. The summed E-state index contributed by atoms with van der Waals surface area (Å²) in [5.41, 5.74) is 1.40. The molecule has 0 unspecified atom stereocenters. The maximum absolute atomic E-state index is 13.3. The van der Waals surface area contributed by atoms with Crippen LogP contribution in [0.25, 0.3) is 11.1 Å². The predicted molar refractivity (Wildman–Crippen MR) is 125 cm³/mol. The monoisotopic (exact) mass is 491 g/mol. The number of benzene rings is 3. The molecule has 36 heavy (non-hydrogen) atoms. The van der Waals surface area contributed by atoms with Crippen LogP contribution in [0.2, 0.25) is 0 Å². The van der Waals surface area contributed by atoms with Crippen LogP contribution in [-0.4, -0.2) is 52.3 Å². The van der Waals surface area contributed by atoms with Gasteiger partial charge in [0.1, 0.15) is 6.04 Å². The molecule has 3 atom stereocenters. The summed E-state index contributed by atoms with van der Waals surface area (Å²) in [6, 6.07) is 18.7. The van der Waals surface area contributed by atoms with Crippen LogP contribution < -0.4 is 4.90 Å². The number of rotatable bonds is 3. The fraction of sp³-hybridized carbons (Fsp3) is 0.222. The Morgan fingerprint density at radius 1 is 0.861 bits per heavy atom. The van der Waals surface area contributed by atoms with E-state index in [0.29, 0.717) is 12.0 Å². The molecule has 6 nitrogen and oxygen atoms in total. The molecule has 0 radical (unpaired) electrons. The number of likely N-dealkylation sites (tertiary alicyclic amines) is 1. The Morgan fingerprint density at radius 3 is 2.25 bits per heavy atom. The largest absolute Gasteiger partial charge is 0.416 e. The lowest BCUT2D eigenvalue weighted by atomic mass is 10.0. The van der Waals surface area contributed by atoms with Gasteiger partial charge >= 0.3 is 12.2 Å². The number of fused-ring (bicyclic) bond motifs is 5. The van der Waals surface area contributed by atoms with Crippen LogP contribution in [0.5, 0.6) is 0 Å². The molecule has 182 valence electrons. The van der Waals surface area contributed by atoms with Crippen molar-refractivity contribution in [2.75, 3.05) is 11.4 Å². The summed E-state index contributed by atoms with van der Waals surface area (Å²) in [4.78, 5) is 43.6. The van der Waals surface area contributed by atoms with Crippen molar-refractivity contribution in [2.24, 2.45) is 0 Å². The lowest BCUT2D eigenvalue weighted by molar-refractivity contribution is -0.137. The van der Waals surface area contributed by atoms with Gasteiger partial charge in [-0.2, -0.15) is 13.2 Å². The average Bonchev–Trinajstić information content (AvgIpc) is 3.55. The molecule has 3 saturated heterocycles. The third-order valence-corrected chi connectivity index (χ3v) is 7.20. The van der Waals surface area contributed by atoms with Crippen LogP contribution in [0.1, 0.15) is 22.3 Å². The lowest BCUT2D eigenvalue weighted by Gasteiger charge is -2.35. The zero-order chi connectivity index (χ0) is 25.2. The molecule has 6 rings (SSSR count). The number of hydrogen-bond donors (Lipinski definition) is 0. The third-order valence-electron chi connectivity index (χ3n) is 7.20. The molecule has 4 amide bonds. The summed E-state index contributed by atoms with van der Waals surface area (Å²) in [5.74, 6) is -0.844. The van der Waals surface area contributed by atoms with Crippen molar-refractivity contribution in [3.05, 3.63) is 90.0 Å². The number of amides is 4. The van der Waals surface area contributed by atoms with E-state index in [4.69, 9.17) is 0 Å². The molecule has 3 heterocycles. The van der Waals surface area contributed by atoms with E-state index in [9.17, 15) is 27.6 Å². The number of urea groups is 1. The summed E-state index contributed by atoms with van der Waals surface area (Å²) < 4.78 is 39.6. The second-order valence-electron chi connectivity index (χ2n) is 9.21. The maximum Gasteiger partial charge on any atom is 0.416 e. The Hall–Kier alpha value is -4.14. The number of nitrogens with zero attached hydrogens (tertiary/aromatic N) is 3. The summed E-state index contributed by atoms with van der Waals surface area (Å²) in [6.07, 6.45) is -4.14. The zero-order valence-corrected chi connectivity index (χ0v) is 18.9. The third kappa shape index (κ3) is 3.37. The molecular formula is C27H20F3N3O3. The van der Waals surface area contributed by atoms with Crippen molar-refractivity contribution in [1.82, 2.24) is 9.80 Å². The Bertz CT molecular complexity index is 1370. The SMILES string of the molecule is O=C1[C@H]2[C@@H]3C[C@@H](CN3C(=O)c3ccc(-c4ccccc4)cc3)N2C(=O)N1c1cccc(C(F)(F)F)c1. The minimum Gasteiger partial charge on any atom is -0.331 e. The van der Waals surface area contributed by atoms with E-state index in [0.717, 1.165) is 28.2 Å². The van der Waals surface area contributed by atoms with E-state index in [1.54, 1.807) is 17.0 Å². The van der Waals surface area contributed by atoms with Crippen molar-refractivity contribution >= 4 is 23.5 Å². The van der Waals surface area contributed by atoms with Crippen LogP contribution in [0.3, 0.4) is 0 Å².